The predicted molar refractivity (Wildman–Crippen MR) is 351 cm³/mol. The highest BCUT2D eigenvalue weighted by Gasteiger charge is 2.31. The van der Waals surface area contributed by atoms with Gasteiger partial charge in [-0.1, -0.05) is 168 Å². The molecule has 0 aliphatic heterocycles. The minimum absolute atomic E-state index is 0.255. The molecule has 406 valence electrons. The highest BCUT2D eigenvalue weighted by Crippen LogP contribution is 2.45. The molecular formula is C74H45BBrN4O6+. The van der Waals surface area contributed by atoms with Crippen molar-refractivity contribution in [2.75, 3.05) is 0 Å². The van der Waals surface area contributed by atoms with E-state index in [1.165, 1.54) is 0 Å². The van der Waals surface area contributed by atoms with Gasteiger partial charge in [-0.25, -0.2) is 9.97 Å². The number of rotatable bonds is 6. The van der Waals surface area contributed by atoms with Gasteiger partial charge in [0.2, 0.25) is 5.76 Å². The molecule has 0 unspecified atom stereocenters. The summed E-state index contributed by atoms with van der Waals surface area (Å²) in [6.07, 6.45) is 8.42. The Morgan fingerprint density at radius 2 is 0.837 bits per heavy atom. The molecule has 1 aliphatic carbocycles. The van der Waals surface area contributed by atoms with Crippen molar-refractivity contribution < 1.29 is 27.7 Å². The van der Waals surface area contributed by atoms with Crippen LogP contribution in [0, 0.1) is 6.08 Å². The number of allylic oxidation sites excluding steroid dienone is 2. The third-order valence-corrected chi connectivity index (χ3v) is 16.5. The molecule has 86 heavy (non-hydrogen) atoms. The molecule has 11 aromatic carbocycles. The first kappa shape index (κ1) is 50.8. The minimum Gasteiger partial charge on any atom is -0.456 e. The molecule has 6 heterocycles. The molecule has 0 fully saturated rings. The number of fused-ring (bicyclic) bond motifs is 14. The van der Waals surface area contributed by atoms with Gasteiger partial charge >= 0.3 is 7.12 Å². The Balaban J connectivity index is 0.000000113. The maximum atomic E-state index is 9.90. The molecule has 0 amide bonds. The number of hydrogen-bond donors (Lipinski definition) is 2. The van der Waals surface area contributed by atoms with E-state index in [4.69, 9.17) is 27.6 Å². The second-order valence-corrected chi connectivity index (χ2v) is 21.9. The highest BCUT2D eigenvalue weighted by molar-refractivity contribution is 9.10. The lowest BCUT2D eigenvalue weighted by Gasteiger charge is -2.11. The van der Waals surface area contributed by atoms with Crippen molar-refractivity contribution in [2.24, 2.45) is 0 Å². The van der Waals surface area contributed by atoms with Crippen LogP contribution in [0.4, 0.5) is 0 Å². The third kappa shape index (κ3) is 8.54. The molecule has 12 heteroatoms. The number of furan rings is 4. The van der Waals surface area contributed by atoms with Gasteiger partial charge in [-0.15, -0.1) is 0 Å². The maximum absolute atomic E-state index is 9.90. The number of imidazole rings is 2. The summed E-state index contributed by atoms with van der Waals surface area (Å²) in [4.78, 5) is 9.84. The van der Waals surface area contributed by atoms with Crippen LogP contribution in [0.1, 0.15) is 11.3 Å². The van der Waals surface area contributed by atoms with Crippen LogP contribution in [-0.2, 0) is 0 Å². The lowest BCUT2D eigenvalue weighted by Crippen LogP contribution is -2.30. The monoisotopic (exact) mass is 1180 g/mol. The van der Waals surface area contributed by atoms with Gasteiger partial charge in [0.05, 0.1) is 44.6 Å². The van der Waals surface area contributed by atoms with E-state index in [0.717, 1.165) is 137 Å². The van der Waals surface area contributed by atoms with Crippen molar-refractivity contribution in [1.29, 1.82) is 0 Å². The molecule has 0 saturated carbocycles. The van der Waals surface area contributed by atoms with Crippen molar-refractivity contribution in [3.63, 3.8) is 0 Å². The van der Waals surface area contributed by atoms with Gasteiger partial charge < -0.3 is 27.7 Å². The second-order valence-electron chi connectivity index (χ2n) is 21.0. The minimum atomic E-state index is -1.69. The molecule has 2 N–H and O–H groups in total. The fourth-order valence-corrected chi connectivity index (χ4v) is 12.3. The SMILES string of the molecule is Brc1ccc(-n2c(-c3ccccc3)nc3ccccc32)cc1.OB(O)c1c2oc3c(c2cc2c1oc1ccccc12)C=C[C+]=C3.c1ccc(-c2nc3ccccc3n2-c2ccc(-c3c4oc5ccccc5c4cc4c3oc3ccccc34)cc2)cc1. The highest BCUT2D eigenvalue weighted by atomic mass is 79.9. The van der Waals surface area contributed by atoms with E-state index in [0.29, 0.717) is 22.5 Å². The Morgan fingerprint density at radius 1 is 0.407 bits per heavy atom. The number of para-hydroxylation sites is 7. The smallest absolute Gasteiger partial charge is 0.456 e. The van der Waals surface area contributed by atoms with Crippen LogP contribution < -0.4 is 5.46 Å². The molecule has 0 bridgehead atoms. The Morgan fingerprint density at radius 3 is 1.36 bits per heavy atom. The van der Waals surface area contributed by atoms with Gasteiger partial charge in [0.15, 0.2) is 5.58 Å². The van der Waals surface area contributed by atoms with E-state index in [1.807, 2.05) is 109 Å². The van der Waals surface area contributed by atoms with E-state index in [1.54, 1.807) is 6.08 Å². The van der Waals surface area contributed by atoms with Gasteiger partial charge in [-0.2, -0.15) is 0 Å². The van der Waals surface area contributed by atoms with Gasteiger partial charge in [0.1, 0.15) is 62.9 Å². The maximum Gasteiger partial charge on any atom is 0.496 e. The summed E-state index contributed by atoms with van der Waals surface area (Å²) in [6.45, 7) is 0. The number of nitrogens with zero attached hydrogens (tertiary/aromatic N) is 4. The molecule has 6 aromatic heterocycles. The van der Waals surface area contributed by atoms with Crippen LogP contribution in [0.5, 0.6) is 0 Å². The van der Waals surface area contributed by atoms with Crippen LogP contribution in [0.25, 0.3) is 156 Å². The van der Waals surface area contributed by atoms with Gasteiger partial charge in [-0.05, 0) is 96.6 Å². The first-order valence-electron chi connectivity index (χ1n) is 28.1. The zero-order valence-corrected chi connectivity index (χ0v) is 47.2. The largest absolute Gasteiger partial charge is 0.496 e. The van der Waals surface area contributed by atoms with Crippen molar-refractivity contribution in [2.45, 2.75) is 0 Å². The summed E-state index contributed by atoms with van der Waals surface area (Å²) in [6, 6.07) is 82.4. The average molecular weight is 1180 g/mol. The van der Waals surface area contributed by atoms with Gasteiger partial charge in [0, 0.05) is 65.4 Å². The van der Waals surface area contributed by atoms with E-state index in [2.05, 4.69) is 177 Å². The van der Waals surface area contributed by atoms with Crippen LogP contribution in [0.2, 0.25) is 0 Å². The summed E-state index contributed by atoms with van der Waals surface area (Å²) in [7, 11) is -1.69. The van der Waals surface area contributed by atoms with Gasteiger partial charge in [0.25, 0.3) is 0 Å². The Hall–Kier alpha value is -10.8. The zero-order chi connectivity index (χ0) is 57.4. The molecule has 0 atom stereocenters. The Kier molecular flexibility index (Phi) is 12.3. The lowest BCUT2D eigenvalue weighted by molar-refractivity contribution is 0.425. The Bertz CT molecular complexity index is 5430. The fourth-order valence-electron chi connectivity index (χ4n) is 12.0. The Labute approximate surface area is 499 Å². The van der Waals surface area contributed by atoms with Crippen molar-refractivity contribution >= 4 is 140 Å². The van der Waals surface area contributed by atoms with Crippen LogP contribution in [0.3, 0.4) is 0 Å². The predicted octanol–water partition coefficient (Wildman–Crippen LogP) is 18.5. The lowest BCUT2D eigenvalue weighted by atomic mass is 9.78. The number of hydrogen-bond acceptors (Lipinski definition) is 8. The molecular weight excluding hydrogens is 1130 g/mol. The van der Waals surface area contributed by atoms with Crippen LogP contribution in [0.15, 0.2) is 271 Å². The average Bonchev–Trinajstić information content (AvgIpc) is 1.91. The van der Waals surface area contributed by atoms with E-state index in [9.17, 15) is 10.0 Å². The first-order chi connectivity index (χ1) is 42.4. The van der Waals surface area contributed by atoms with E-state index in [-0.39, 0.29) is 5.46 Å². The third-order valence-electron chi connectivity index (χ3n) is 15.9. The molecule has 0 radical (unpaired) electrons. The van der Waals surface area contributed by atoms with Crippen molar-refractivity contribution in [1.82, 2.24) is 19.1 Å². The molecule has 0 spiro atoms. The summed E-state index contributed by atoms with van der Waals surface area (Å²) < 4.78 is 30.2. The van der Waals surface area contributed by atoms with Crippen molar-refractivity contribution in [3.05, 3.63) is 271 Å². The normalized spacial score (nSPS) is 11.9. The zero-order valence-electron chi connectivity index (χ0n) is 45.6. The summed E-state index contributed by atoms with van der Waals surface area (Å²) in [5.41, 5.74) is 16.6. The summed E-state index contributed by atoms with van der Waals surface area (Å²) >= 11 is 3.50. The molecule has 0 saturated heterocycles. The fraction of sp³-hybridized carbons (Fsp3) is 0. The second kappa shape index (κ2) is 20.8. The molecule has 1 aliphatic rings. The van der Waals surface area contributed by atoms with E-state index < -0.39 is 7.12 Å². The molecule has 10 nitrogen and oxygen atoms in total. The number of benzene rings is 11. The molecule has 17 aromatic rings. The standard InChI is InChI=1S/C37H22N2O2.C19H13BrN2.C18H10BO4/c1-2-10-24(11-3-1)37-38-30-14-6-7-15-31(30)39(37)25-20-18-23(19-21-25)34-35-28(26-12-4-8-16-32(26)40-35)22-29-27-13-5-9-17-33(27)41-36(29)34;20-15-10-12-16(13-11-15)22-18-9-5-4-8-17(18)21-19(22)14-6-2-1-3-7-14;20-19(21)16-17-12(10-5-1-3-7-14(10)22-17)9-13-11-6-2-4-8-15(11)23-18(13)16/h1-22H;1-13H;1-3,5-9,20-21H/q;;+1. The topological polar surface area (TPSA) is 129 Å². The number of aromatic nitrogens is 4. The van der Waals surface area contributed by atoms with Crippen molar-refractivity contribution in [3.8, 4) is 45.3 Å². The number of halogens is 1. The quantitative estimate of drug-likeness (QED) is 0.124. The molecule has 18 rings (SSSR count). The first-order valence-corrected chi connectivity index (χ1v) is 28.9. The van der Waals surface area contributed by atoms with Gasteiger partial charge in [-0.3, -0.25) is 9.13 Å². The van der Waals surface area contributed by atoms with Crippen LogP contribution >= 0.6 is 15.9 Å². The van der Waals surface area contributed by atoms with Crippen LogP contribution in [-0.4, -0.2) is 36.3 Å². The summed E-state index contributed by atoms with van der Waals surface area (Å²) in [5, 5.41) is 26.8. The van der Waals surface area contributed by atoms with E-state index >= 15 is 0 Å². The summed E-state index contributed by atoms with van der Waals surface area (Å²) in [5.74, 6) is 2.53.